The lowest BCUT2D eigenvalue weighted by Gasteiger charge is -2.04. The van der Waals surface area contributed by atoms with Crippen LogP contribution < -0.4 is 0 Å². The van der Waals surface area contributed by atoms with Gasteiger partial charge < -0.3 is 9.84 Å². The number of rotatable bonds is 5. The van der Waals surface area contributed by atoms with Crippen molar-refractivity contribution in [3.63, 3.8) is 0 Å². The van der Waals surface area contributed by atoms with Crippen LogP contribution in [0.5, 0.6) is 0 Å². The third-order valence-corrected chi connectivity index (χ3v) is 2.40. The van der Waals surface area contributed by atoms with E-state index in [1.807, 2.05) is 0 Å². The summed E-state index contributed by atoms with van der Waals surface area (Å²) in [5.74, 6) is -2.19. The number of aliphatic carboxylic acids is 1. The molecule has 1 N–H and O–H groups in total. The van der Waals surface area contributed by atoms with Gasteiger partial charge in [-0.2, -0.15) is 0 Å². The lowest BCUT2D eigenvalue weighted by Crippen LogP contribution is -2.14. The third kappa shape index (κ3) is 3.45. The van der Waals surface area contributed by atoms with Gasteiger partial charge in [-0.05, 0) is 19.1 Å². The predicted molar refractivity (Wildman–Crippen MR) is 65.9 cm³/mol. The molecule has 1 aromatic rings. The SMILES string of the molecule is CCOC=C(C(=O)O)C(=O)c1ccc(Cl)nc1Cl. The molecule has 0 fully saturated rings. The second-order valence-electron chi connectivity index (χ2n) is 3.09. The molecule has 0 bridgehead atoms. The fourth-order valence-electron chi connectivity index (χ4n) is 1.09. The third-order valence-electron chi connectivity index (χ3n) is 1.90. The largest absolute Gasteiger partial charge is 0.500 e. The first-order valence-electron chi connectivity index (χ1n) is 4.89. The number of halogens is 2. The lowest BCUT2D eigenvalue weighted by molar-refractivity contribution is -0.132. The molecule has 0 spiro atoms. The molecule has 1 aromatic heterocycles. The van der Waals surface area contributed by atoms with Gasteiger partial charge in [-0.3, -0.25) is 4.79 Å². The molecule has 0 aliphatic heterocycles. The Morgan fingerprint density at radius 1 is 1.44 bits per heavy atom. The van der Waals surface area contributed by atoms with Crippen molar-refractivity contribution in [2.45, 2.75) is 6.92 Å². The summed E-state index contributed by atoms with van der Waals surface area (Å²) in [5, 5.41) is 8.88. The van der Waals surface area contributed by atoms with E-state index < -0.39 is 17.3 Å². The van der Waals surface area contributed by atoms with E-state index >= 15 is 0 Å². The van der Waals surface area contributed by atoms with Crippen LogP contribution in [-0.2, 0) is 9.53 Å². The van der Waals surface area contributed by atoms with Gasteiger partial charge in [0.25, 0.3) is 0 Å². The van der Waals surface area contributed by atoms with Crippen molar-refractivity contribution in [3.8, 4) is 0 Å². The number of carbonyl (C=O) groups is 2. The van der Waals surface area contributed by atoms with E-state index in [0.717, 1.165) is 6.26 Å². The van der Waals surface area contributed by atoms with E-state index in [1.165, 1.54) is 12.1 Å². The summed E-state index contributed by atoms with van der Waals surface area (Å²) in [7, 11) is 0. The summed E-state index contributed by atoms with van der Waals surface area (Å²) in [5.41, 5.74) is -0.572. The monoisotopic (exact) mass is 289 g/mol. The predicted octanol–water partition coefficient (Wildman–Crippen LogP) is 2.58. The van der Waals surface area contributed by atoms with Crippen molar-refractivity contribution in [1.82, 2.24) is 4.98 Å². The smallest absolute Gasteiger partial charge is 0.342 e. The van der Waals surface area contributed by atoms with Crippen molar-refractivity contribution < 1.29 is 19.4 Å². The molecular formula is C11H9Cl2NO4. The average Bonchev–Trinajstić information content (AvgIpc) is 2.28. The van der Waals surface area contributed by atoms with Crippen LogP contribution in [0.15, 0.2) is 24.0 Å². The van der Waals surface area contributed by atoms with E-state index in [1.54, 1.807) is 6.92 Å². The van der Waals surface area contributed by atoms with Crippen LogP contribution in [0.3, 0.4) is 0 Å². The Morgan fingerprint density at radius 2 is 2.11 bits per heavy atom. The van der Waals surface area contributed by atoms with E-state index in [0.29, 0.717) is 0 Å². The minimum atomic E-state index is -1.40. The number of hydrogen-bond acceptors (Lipinski definition) is 4. The zero-order valence-electron chi connectivity index (χ0n) is 9.31. The van der Waals surface area contributed by atoms with Crippen molar-refractivity contribution in [1.29, 1.82) is 0 Å². The topological polar surface area (TPSA) is 76.5 Å². The van der Waals surface area contributed by atoms with Crippen LogP contribution in [0.1, 0.15) is 17.3 Å². The lowest BCUT2D eigenvalue weighted by atomic mass is 10.1. The number of aromatic nitrogens is 1. The fourth-order valence-corrected chi connectivity index (χ4v) is 1.52. The highest BCUT2D eigenvalue weighted by Crippen LogP contribution is 2.20. The van der Waals surface area contributed by atoms with Crippen LogP contribution in [0, 0.1) is 0 Å². The van der Waals surface area contributed by atoms with Crippen LogP contribution in [-0.4, -0.2) is 28.4 Å². The molecule has 0 saturated heterocycles. The zero-order valence-corrected chi connectivity index (χ0v) is 10.8. The molecule has 0 atom stereocenters. The Bertz CT molecular complexity index is 514. The molecule has 0 amide bonds. The Balaban J connectivity index is 3.14. The van der Waals surface area contributed by atoms with Gasteiger partial charge in [0, 0.05) is 0 Å². The van der Waals surface area contributed by atoms with Crippen LogP contribution >= 0.6 is 23.2 Å². The van der Waals surface area contributed by atoms with Gasteiger partial charge >= 0.3 is 5.97 Å². The molecule has 0 aliphatic rings. The maximum atomic E-state index is 11.9. The van der Waals surface area contributed by atoms with Gasteiger partial charge in [0.2, 0.25) is 5.78 Å². The number of nitrogens with zero attached hydrogens (tertiary/aromatic N) is 1. The molecule has 0 saturated carbocycles. The molecule has 0 radical (unpaired) electrons. The summed E-state index contributed by atoms with van der Waals surface area (Å²) in [6.45, 7) is 1.91. The Kier molecular flexibility index (Phi) is 5.12. The molecule has 7 heteroatoms. The number of ether oxygens (including phenoxy) is 1. The highest BCUT2D eigenvalue weighted by molar-refractivity contribution is 6.37. The molecule has 96 valence electrons. The quantitative estimate of drug-likeness (QED) is 0.225. The minimum Gasteiger partial charge on any atom is -0.500 e. The fraction of sp³-hybridized carbons (Fsp3) is 0.182. The summed E-state index contributed by atoms with van der Waals surface area (Å²) in [4.78, 5) is 26.5. The summed E-state index contributed by atoms with van der Waals surface area (Å²) in [6, 6.07) is 2.66. The summed E-state index contributed by atoms with van der Waals surface area (Å²) < 4.78 is 4.81. The van der Waals surface area contributed by atoms with E-state index in [2.05, 4.69) is 4.98 Å². The van der Waals surface area contributed by atoms with Crippen molar-refractivity contribution in [3.05, 3.63) is 39.8 Å². The van der Waals surface area contributed by atoms with Gasteiger partial charge in [0.1, 0.15) is 22.1 Å². The number of Topliss-reactive ketones (excluding diaryl/α,β-unsaturated/α-hetero) is 1. The number of carbonyl (C=O) groups excluding carboxylic acids is 1. The number of carboxylic acids is 1. The Morgan fingerprint density at radius 3 is 2.61 bits per heavy atom. The second-order valence-corrected chi connectivity index (χ2v) is 3.84. The first kappa shape index (κ1) is 14.5. The molecule has 0 aromatic carbocycles. The highest BCUT2D eigenvalue weighted by atomic mass is 35.5. The molecule has 5 nitrogen and oxygen atoms in total. The normalized spacial score (nSPS) is 11.2. The number of ketones is 1. The van der Waals surface area contributed by atoms with Crippen LogP contribution in [0.25, 0.3) is 0 Å². The molecular weight excluding hydrogens is 281 g/mol. The Hall–Kier alpha value is -1.59. The number of carboxylic acid groups (broad SMARTS) is 1. The molecule has 0 unspecified atom stereocenters. The summed E-state index contributed by atoms with van der Waals surface area (Å²) >= 11 is 11.3. The molecule has 18 heavy (non-hydrogen) atoms. The number of hydrogen-bond donors (Lipinski definition) is 1. The second kappa shape index (κ2) is 6.37. The molecule has 1 heterocycles. The van der Waals surface area contributed by atoms with Crippen molar-refractivity contribution >= 4 is 35.0 Å². The van der Waals surface area contributed by atoms with E-state index in [4.69, 9.17) is 33.0 Å². The van der Waals surface area contributed by atoms with Crippen LogP contribution in [0.4, 0.5) is 0 Å². The van der Waals surface area contributed by atoms with Crippen LogP contribution in [0.2, 0.25) is 10.3 Å². The summed E-state index contributed by atoms with van der Waals surface area (Å²) in [6.07, 6.45) is 0.885. The maximum Gasteiger partial charge on any atom is 0.342 e. The first-order chi connectivity index (χ1) is 8.47. The Labute approximate surface area is 113 Å². The standard InChI is InChI=1S/C11H9Cl2NO4/c1-2-18-5-7(11(16)17)9(15)6-3-4-8(12)14-10(6)13/h3-5H,2H2,1H3,(H,16,17). The van der Waals surface area contributed by atoms with Gasteiger partial charge in [0.05, 0.1) is 12.2 Å². The number of pyridine rings is 1. The van der Waals surface area contributed by atoms with Gasteiger partial charge in [0.15, 0.2) is 0 Å². The van der Waals surface area contributed by atoms with Gasteiger partial charge in [-0.25, -0.2) is 9.78 Å². The highest BCUT2D eigenvalue weighted by Gasteiger charge is 2.22. The maximum absolute atomic E-state index is 11.9. The minimum absolute atomic E-state index is 0.0468. The van der Waals surface area contributed by atoms with E-state index in [-0.39, 0.29) is 22.5 Å². The first-order valence-corrected chi connectivity index (χ1v) is 5.64. The van der Waals surface area contributed by atoms with Crippen molar-refractivity contribution in [2.24, 2.45) is 0 Å². The molecule has 0 aliphatic carbocycles. The van der Waals surface area contributed by atoms with Gasteiger partial charge in [-0.15, -0.1) is 0 Å². The van der Waals surface area contributed by atoms with Crippen molar-refractivity contribution in [2.75, 3.05) is 6.61 Å². The molecule has 1 rings (SSSR count). The zero-order chi connectivity index (χ0) is 13.7. The van der Waals surface area contributed by atoms with E-state index in [9.17, 15) is 9.59 Å². The average molecular weight is 290 g/mol. The van der Waals surface area contributed by atoms with Gasteiger partial charge in [-0.1, -0.05) is 23.2 Å².